The van der Waals surface area contributed by atoms with Gasteiger partial charge in [0.25, 0.3) is 0 Å². The van der Waals surface area contributed by atoms with E-state index < -0.39 is 0 Å². The van der Waals surface area contributed by atoms with Gasteiger partial charge in [0.05, 0.1) is 16.7 Å². The number of carbonyl (C=O) groups excluding carboxylic acids is 1. The second kappa shape index (κ2) is 8.02. The van der Waals surface area contributed by atoms with Crippen LogP contribution in [0.15, 0.2) is 47.9 Å². The molecule has 6 heteroatoms. The van der Waals surface area contributed by atoms with Crippen molar-refractivity contribution in [3.63, 3.8) is 0 Å². The summed E-state index contributed by atoms with van der Waals surface area (Å²) in [7, 11) is 0. The van der Waals surface area contributed by atoms with Gasteiger partial charge in [-0.1, -0.05) is 0 Å². The van der Waals surface area contributed by atoms with Gasteiger partial charge in [-0.25, -0.2) is 9.97 Å². The van der Waals surface area contributed by atoms with Crippen LogP contribution in [0.2, 0.25) is 0 Å². The monoisotopic (exact) mass is 298 g/mol. The van der Waals surface area contributed by atoms with Crippen LogP contribution in [0.5, 0.6) is 0 Å². The number of amides is 1. The molecule has 0 saturated heterocycles. The minimum Gasteiger partial charge on any atom is -0.326 e. The number of benzene rings is 1. The van der Waals surface area contributed by atoms with E-state index >= 15 is 0 Å². The van der Waals surface area contributed by atoms with Crippen LogP contribution in [-0.4, -0.2) is 21.6 Å². The maximum absolute atomic E-state index is 11.8. The van der Waals surface area contributed by atoms with Gasteiger partial charge in [-0.3, -0.25) is 4.79 Å². The Bertz CT molecular complexity index is 622. The van der Waals surface area contributed by atoms with Gasteiger partial charge in [-0.15, -0.1) is 11.8 Å². The van der Waals surface area contributed by atoms with Crippen molar-refractivity contribution in [3.8, 4) is 6.07 Å². The molecular formula is C15H14N4OS. The predicted molar refractivity (Wildman–Crippen MR) is 81.8 cm³/mol. The summed E-state index contributed by atoms with van der Waals surface area (Å²) < 4.78 is 0. The molecule has 0 aliphatic carbocycles. The fourth-order valence-corrected chi connectivity index (χ4v) is 2.40. The molecule has 0 fully saturated rings. The van der Waals surface area contributed by atoms with Crippen molar-refractivity contribution in [3.05, 3.63) is 48.4 Å². The average molecular weight is 298 g/mol. The Labute approximate surface area is 127 Å². The van der Waals surface area contributed by atoms with Crippen molar-refractivity contribution in [1.29, 1.82) is 5.26 Å². The van der Waals surface area contributed by atoms with E-state index in [0.29, 0.717) is 17.7 Å². The van der Waals surface area contributed by atoms with Gasteiger partial charge in [-0.05, 0) is 42.5 Å². The zero-order valence-electron chi connectivity index (χ0n) is 11.3. The van der Waals surface area contributed by atoms with Crippen molar-refractivity contribution in [2.75, 3.05) is 11.1 Å². The summed E-state index contributed by atoms with van der Waals surface area (Å²) in [5, 5.41) is 12.4. The molecule has 0 unspecified atom stereocenters. The number of rotatable bonds is 6. The highest BCUT2D eigenvalue weighted by molar-refractivity contribution is 7.99. The molecule has 1 N–H and O–H groups in total. The van der Waals surface area contributed by atoms with Crippen molar-refractivity contribution in [2.24, 2.45) is 0 Å². The Hall–Kier alpha value is -2.39. The fraction of sp³-hybridized carbons (Fsp3) is 0.200. The molecule has 2 rings (SSSR count). The predicted octanol–water partition coefficient (Wildman–Crippen LogP) is 2.86. The highest BCUT2D eigenvalue weighted by Gasteiger charge is 2.03. The molecule has 0 atom stereocenters. The Morgan fingerprint density at radius 2 is 2.10 bits per heavy atom. The molecule has 1 heterocycles. The van der Waals surface area contributed by atoms with E-state index in [1.807, 2.05) is 12.1 Å². The second-order valence-electron chi connectivity index (χ2n) is 4.24. The van der Waals surface area contributed by atoms with Crippen LogP contribution in [0.4, 0.5) is 5.69 Å². The van der Waals surface area contributed by atoms with Gasteiger partial charge < -0.3 is 5.32 Å². The van der Waals surface area contributed by atoms with Crippen molar-refractivity contribution < 1.29 is 4.79 Å². The molecule has 0 aliphatic rings. The van der Waals surface area contributed by atoms with Crippen LogP contribution >= 0.6 is 11.8 Å². The molecule has 1 amide bonds. The first-order valence-corrected chi connectivity index (χ1v) is 7.45. The summed E-state index contributed by atoms with van der Waals surface area (Å²) in [6, 6.07) is 10.7. The van der Waals surface area contributed by atoms with Gasteiger partial charge in [0.1, 0.15) is 6.33 Å². The van der Waals surface area contributed by atoms with E-state index in [2.05, 4.69) is 15.3 Å². The van der Waals surface area contributed by atoms with Gasteiger partial charge in [0.2, 0.25) is 5.91 Å². The number of hydrogen-bond donors (Lipinski definition) is 1. The van der Waals surface area contributed by atoms with Crippen LogP contribution in [0, 0.1) is 11.3 Å². The van der Waals surface area contributed by atoms with Crippen molar-refractivity contribution >= 4 is 23.4 Å². The summed E-state index contributed by atoms with van der Waals surface area (Å²) in [6.07, 6.45) is 4.45. The molecule has 1 aromatic carbocycles. The van der Waals surface area contributed by atoms with Crippen LogP contribution in [0.3, 0.4) is 0 Å². The first-order chi connectivity index (χ1) is 10.3. The molecule has 2 aromatic rings. The van der Waals surface area contributed by atoms with Crippen LogP contribution in [0.1, 0.15) is 18.4 Å². The lowest BCUT2D eigenvalue weighted by molar-refractivity contribution is -0.116. The van der Waals surface area contributed by atoms with Crippen LogP contribution < -0.4 is 5.32 Å². The van der Waals surface area contributed by atoms with Gasteiger partial charge in [-0.2, -0.15) is 5.26 Å². The molecule has 0 aliphatic heterocycles. The van der Waals surface area contributed by atoms with Gasteiger partial charge >= 0.3 is 0 Å². The largest absolute Gasteiger partial charge is 0.326 e. The highest BCUT2D eigenvalue weighted by atomic mass is 32.2. The number of aromatic nitrogens is 2. The summed E-state index contributed by atoms with van der Waals surface area (Å²) in [5.74, 6) is 0.806. The lowest BCUT2D eigenvalue weighted by Crippen LogP contribution is -2.11. The molecule has 0 saturated carbocycles. The molecule has 0 radical (unpaired) electrons. The first-order valence-electron chi connectivity index (χ1n) is 6.47. The Morgan fingerprint density at radius 3 is 2.76 bits per heavy atom. The lowest BCUT2D eigenvalue weighted by Gasteiger charge is -2.05. The number of thioether (sulfide) groups is 1. The zero-order chi connectivity index (χ0) is 14.9. The fourth-order valence-electron chi connectivity index (χ4n) is 1.62. The quantitative estimate of drug-likeness (QED) is 0.504. The number of hydrogen-bond acceptors (Lipinski definition) is 5. The minimum absolute atomic E-state index is 0.0250. The molecule has 21 heavy (non-hydrogen) atoms. The van der Waals surface area contributed by atoms with E-state index in [-0.39, 0.29) is 5.91 Å². The molecule has 0 bridgehead atoms. The lowest BCUT2D eigenvalue weighted by atomic mass is 10.2. The summed E-state index contributed by atoms with van der Waals surface area (Å²) in [5.41, 5.74) is 1.29. The summed E-state index contributed by atoms with van der Waals surface area (Å²) in [4.78, 5) is 19.7. The molecule has 106 valence electrons. The zero-order valence-corrected chi connectivity index (χ0v) is 12.1. The number of anilines is 1. The maximum Gasteiger partial charge on any atom is 0.224 e. The minimum atomic E-state index is -0.0250. The maximum atomic E-state index is 11.8. The Morgan fingerprint density at radius 1 is 1.29 bits per heavy atom. The second-order valence-corrected chi connectivity index (χ2v) is 5.35. The number of nitrogens with one attached hydrogen (secondary N) is 1. The topological polar surface area (TPSA) is 78.7 Å². The van der Waals surface area contributed by atoms with E-state index in [1.54, 1.807) is 42.2 Å². The SMILES string of the molecule is N#Cc1ccc(NC(=O)CCCSc2ccncn2)cc1. The van der Waals surface area contributed by atoms with Crippen LogP contribution in [-0.2, 0) is 4.79 Å². The Kier molecular flexibility index (Phi) is 5.73. The van der Waals surface area contributed by atoms with Crippen molar-refractivity contribution in [2.45, 2.75) is 17.9 Å². The summed E-state index contributed by atoms with van der Waals surface area (Å²) >= 11 is 1.61. The van der Waals surface area contributed by atoms with Crippen LogP contribution in [0.25, 0.3) is 0 Å². The first kappa shape index (κ1) is 15.0. The van der Waals surface area contributed by atoms with E-state index in [1.165, 1.54) is 6.33 Å². The number of carbonyl (C=O) groups is 1. The van der Waals surface area contributed by atoms with Gasteiger partial charge in [0, 0.05) is 18.3 Å². The number of nitriles is 1. The summed E-state index contributed by atoms with van der Waals surface area (Å²) in [6.45, 7) is 0. The van der Waals surface area contributed by atoms with E-state index in [4.69, 9.17) is 5.26 Å². The third kappa shape index (κ3) is 5.24. The van der Waals surface area contributed by atoms with Crippen molar-refractivity contribution in [1.82, 2.24) is 9.97 Å². The van der Waals surface area contributed by atoms with E-state index in [9.17, 15) is 4.79 Å². The molecule has 1 aromatic heterocycles. The molecular weight excluding hydrogens is 284 g/mol. The standard InChI is InChI=1S/C15H14N4OS/c16-10-12-3-5-13(6-4-12)19-14(20)2-1-9-21-15-7-8-17-11-18-15/h3-8,11H,1-2,9H2,(H,19,20). The van der Waals surface area contributed by atoms with Gasteiger partial charge in [0.15, 0.2) is 0 Å². The average Bonchev–Trinajstić information content (AvgIpc) is 2.53. The molecule has 5 nitrogen and oxygen atoms in total. The number of nitrogens with zero attached hydrogens (tertiary/aromatic N) is 3. The normalized spacial score (nSPS) is 9.86. The highest BCUT2D eigenvalue weighted by Crippen LogP contribution is 2.15. The third-order valence-corrected chi connectivity index (χ3v) is 3.68. The Balaban J connectivity index is 1.69. The smallest absolute Gasteiger partial charge is 0.224 e. The molecule has 0 spiro atoms. The third-order valence-electron chi connectivity index (χ3n) is 2.65. The van der Waals surface area contributed by atoms with E-state index in [0.717, 1.165) is 17.2 Å².